The highest BCUT2D eigenvalue weighted by Crippen LogP contribution is 2.35. The number of hydrogen-bond donors (Lipinski definition) is 0. The fourth-order valence-corrected chi connectivity index (χ4v) is 3.29. The molecule has 0 aromatic carbocycles. The molecule has 6 heteroatoms. The van der Waals surface area contributed by atoms with E-state index in [4.69, 9.17) is 16.3 Å². The minimum Gasteiger partial charge on any atom is -0.465 e. The summed E-state index contributed by atoms with van der Waals surface area (Å²) in [5.41, 5.74) is 1.61. The van der Waals surface area contributed by atoms with Gasteiger partial charge in [0, 0.05) is 18.8 Å². The third-order valence-electron chi connectivity index (χ3n) is 3.01. The predicted molar refractivity (Wildman–Crippen MR) is 71.6 cm³/mol. The summed E-state index contributed by atoms with van der Waals surface area (Å²) >= 11 is 7.11. The van der Waals surface area contributed by atoms with Gasteiger partial charge in [-0.15, -0.1) is 22.9 Å². The Bertz CT molecular complexity index is 486. The Hall–Kier alpha value is -1.07. The lowest BCUT2D eigenvalue weighted by molar-refractivity contribution is -0.117. The second kappa shape index (κ2) is 5.28. The second-order valence-electron chi connectivity index (χ2n) is 4.32. The summed E-state index contributed by atoms with van der Waals surface area (Å²) in [4.78, 5) is 25.8. The second-order valence-corrected chi connectivity index (χ2v) is 5.51. The van der Waals surface area contributed by atoms with Crippen LogP contribution in [0.3, 0.4) is 0 Å². The Morgan fingerprint density at radius 2 is 2.39 bits per heavy atom. The number of carbonyl (C=O) groups excluding carboxylic acids is 2. The van der Waals surface area contributed by atoms with Crippen LogP contribution in [0.1, 0.15) is 21.7 Å². The predicted octanol–water partition coefficient (Wildman–Crippen LogP) is 2.43. The number of aryl methyl sites for hydroxylation is 1. The van der Waals surface area contributed by atoms with Gasteiger partial charge in [-0.1, -0.05) is 0 Å². The van der Waals surface area contributed by atoms with E-state index in [2.05, 4.69) is 0 Å². The number of ether oxygens (including phenoxy) is 1. The first-order valence-corrected chi connectivity index (χ1v) is 7.02. The first-order valence-electron chi connectivity index (χ1n) is 5.61. The van der Waals surface area contributed by atoms with Gasteiger partial charge in [-0.3, -0.25) is 4.79 Å². The van der Waals surface area contributed by atoms with Crippen molar-refractivity contribution in [2.75, 3.05) is 24.4 Å². The van der Waals surface area contributed by atoms with Gasteiger partial charge in [-0.05, 0) is 23.8 Å². The highest BCUT2D eigenvalue weighted by atomic mass is 35.5. The van der Waals surface area contributed by atoms with E-state index >= 15 is 0 Å². The van der Waals surface area contributed by atoms with Gasteiger partial charge in [0.2, 0.25) is 5.91 Å². The number of anilines is 1. The summed E-state index contributed by atoms with van der Waals surface area (Å²) < 4.78 is 4.75. The molecule has 2 heterocycles. The Labute approximate surface area is 114 Å². The van der Waals surface area contributed by atoms with Crippen LogP contribution in [0.5, 0.6) is 0 Å². The van der Waals surface area contributed by atoms with Crippen LogP contribution >= 0.6 is 22.9 Å². The van der Waals surface area contributed by atoms with Crippen LogP contribution in [0.25, 0.3) is 0 Å². The summed E-state index contributed by atoms with van der Waals surface area (Å²) in [6.45, 7) is 2.46. The fourth-order valence-electron chi connectivity index (χ4n) is 2.11. The number of hydrogen-bond acceptors (Lipinski definition) is 4. The molecular formula is C12H14ClNO3S. The third-order valence-corrected chi connectivity index (χ3v) is 4.51. The van der Waals surface area contributed by atoms with Crippen LogP contribution in [0.4, 0.5) is 5.69 Å². The molecule has 0 radical (unpaired) electrons. The largest absolute Gasteiger partial charge is 0.465 e. The molecule has 0 saturated carbocycles. The zero-order valence-electron chi connectivity index (χ0n) is 10.2. The SMILES string of the molecule is COC(=O)c1scc(C)c1N1CC(CCl)CC1=O. The van der Waals surface area contributed by atoms with Gasteiger partial charge in [0.1, 0.15) is 4.88 Å². The van der Waals surface area contributed by atoms with Gasteiger partial charge in [0.25, 0.3) is 0 Å². The van der Waals surface area contributed by atoms with E-state index in [1.807, 2.05) is 12.3 Å². The number of thiophene rings is 1. The number of halogens is 1. The average Bonchev–Trinajstić information content (AvgIpc) is 2.91. The molecule has 1 aromatic rings. The summed E-state index contributed by atoms with van der Waals surface area (Å²) in [5, 5.41) is 1.86. The number of nitrogens with zero attached hydrogens (tertiary/aromatic N) is 1. The fraction of sp³-hybridized carbons (Fsp3) is 0.500. The highest BCUT2D eigenvalue weighted by molar-refractivity contribution is 7.12. The molecule has 0 bridgehead atoms. The van der Waals surface area contributed by atoms with E-state index in [9.17, 15) is 9.59 Å². The summed E-state index contributed by atoms with van der Waals surface area (Å²) in [7, 11) is 1.34. The van der Waals surface area contributed by atoms with Crippen molar-refractivity contribution in [2.24, 2.45) is 5.92 Å². The van der Waals surface area contributed by atoms with Crippen molar-refractivity contribution in [3.63, 3.8) is 0 Å². The summed E-state index contributed by atoms with van der Waals surface area (Å²) in [6, 6.07) is 0. The zero-order valence-corrected chi connectivity index (χ0v) is 11.8. The maximum absolute atomic E-state index is 12.0. The van der Waals surface area contributed by atoms with Crippen LogP contribution in [0.15, 0.2) is 5.38 Å². The van der Waals surface area contributed by atoms with E-state index in [1.54, 1.807) is 4.90 Å². The lowest BCUT2D eigenvalue weighted by Gasteiger charge is -2.17. The van der Waals surface area contributed by atoms with Gasteiger partial charge in [0.15, 0.2) is 0 Å². The Balaban J connectivity index is 2.36. The maximum Gasteiger partial charge on any atom is 0.350 e. The quantitative estimate of drug-likeness (QED) is 0.634. The van der Waals surface area contributed by atoms with Gasteiger partial charge in [-0.2, -0.15) is 0 Å². The van der Waals surface area contributed by atoms with E-state index in [-0.39, 0.29) is 11.8 Å². The summed E-state index contributed by atoms with van der Waals surface area (Å²) in [6.07, 6.45) is 0.444. The van der Waals surface area contributed by atoms with Gasteiger partial charge in [0.05, 0.1) is 12.8 Å². The maximum atomic E-state index is 12.0. The van der Waals surface area contributed by atoms with E-state index < -0.39 is 5.97 Å². The Morgan fingerprint density at radius 3 is 2.94 bits per heavy atom. The molecule has 0 spiro atoms. The van der Waals surface area contributed by atoms with Crippen LogP contribution in [-0.2, 0) is 9.53 Å². The van der Waals surface area contributed by atoms with Crippen LogP contribution < -0.4 is 4.90 Å². The number of rotatable bonds is 3. The molecule has 1 fully saturated rings. The van der Waals surface area contributed by atoms with Crippen molar-refractivity contribution >= 4 is 40.5 Å². The molecule has 1 aromatic heterocycles. The number of esters is 1. The molecule has 2 rings (SSSR count). The molecule has 1 amide bonds. The molecule has 0 N–H and O–H groups in total. The van der Waals surface area contributed by atoms with Crippen LogP contribution in [-0.4, -0.2) is 31.4 Å². The summed E-state index contributed by atoms with van der Waals surface area (Å²) in [5.74, 6) is 0.236. The van der Waals surface area contributed by atoms with Gasteiger partial charge in [-0.25, -0.2) is 4.79 Å². The average molecular weight is 288 g/mol. The van der Waals surface area contributed by atoms with Crippen molar-refractivity contribution in [1.29, 1.82) is 0 Å². The molecule has 1 saturated heterocycles. The van der Waals surface area contributed by atoms with Crippen molar-refractivity contribution in [2.45, 2.75) is 13.3 Å². The van der Waals surface area contributed by atoms with Crippen LogP contribution in [0.2, 0.25) is 0 Å². The number of alkyl halides is 1. The molecule has 1 aliphatic rings. The van der Waals surface area contributed by atoms with Gasteiger partial charge < -0.3 is 9.64 Å². The minimum atomic E-state index is -0.398. The molecule has 0 aliphatic carbocycles. The Kier molecular flexibility index (Phi) is 3.92. The molecule has 1 unspecified atom stereocenters. The van der Waals surface area contributed by atoms with Gasteiger partial charge >= 0.3 is 5.97 Å². The molecule has 1 atom stereocenters. The first kappa shape index (κ1) is 13.4. The van der Waals surface area contributed by atoms with E-state index in [0.29, 0.717) is 29.4 Å². The lowest BCUT2D eigenvalue weighted by atomic mass is 10.1. The van der Waals surface area contributed by atoms with E-state index in [0.717, 1.165) is 5.56 Å². The number of methoxy groups -OCH3 is 1. The third kappa shape index (κ3) is 2.24. The molecule has 98 valence electrons. The topological polar surface area (TPSA) is 46.6 Å². The lowest BCUT2D eigenvalue weighted by Crippen LogP contribution is -2.26. The molecular weight excluding hydrogens is 274 g/mol. The molecule has 4 nitrogen and oxygen atoms in total. The van der Waals surface area contributed by atoms with E-state index in [1.165, 1.54) is 18.4 Å². The minimum absolute atomic E-state index is 0.0207. The standard InChI is InChI=1S/C12H14ClNO3S/c1-7-6-18-11(12(16)17-2)10(7)14-5-8(4-13)3-9(14)15/h6,8H,3-5H2,1-2H3. The van der Waals surface area contributed by atoms with Crippen LogP contribution in [0, 0.1) is 12.8 Å². The van der Waals surface area contributed by atoms with Crippen molar-refractivity contribution in [3.8, 4) is 0 Å². The van der Waals surface area contributed by atoms with Crippen molar-refractivity contribution in [3.05, 3.63) is 15.8 Å². The number of amides is 1. The highest BCUT2D eigenvalue weighted by Gasteiger charge is 2.34. The monoisotopic (exact) mass is 287 g/mol. The normalized spacial score (nSPS) is 19.4. The zero-order chi connectivity index (χ0) is 13.3. The Morgan fingerprint density at radius 1 is 1.67 bits per heavy atom. The number of carbonyl (C=O) groups is 2. The first-order chi connectivity index (χ1) is 8.58. The molecule has 18 heavy (non-hydrogen) atoms. The van der Waals surface area contributed by atoms with Crippen molar-refractivity contribution < 1.29 is 14.3 Å². The molecule has 1 aliphatic heterocycles. The van der Waals surface area contributed by atoms with Crippen molar-refractivity contribution in [1.82, 2.24) is 0 Å². The smallest absolute Gasteiger partial charge is 0.350 e.